The molecule has 0 aliphatic heterocycles. The number of ether oxygens (including phenoxy) is 1. The molecule has 0 aliphatic carbocycles. The molecule has 0 aromatic carbocycles. The number of nitrogens with zero attached hydrogens (tertiary/aromatic N) is 1. The molecule has 0 aromatic heterocycles. The monoisotopic (exact) mass is 193 g/mol. The maximum absolute atomic E-state index is 10.7. The number of carbonyl (C=O) groups excluding carboxylic acids is 2. The van der Waals surface area contributed by atoms with E-state index in [0.717, 1.165) is 0 Å². The van der Waals surface area contributed by atoms with Crippen molar-refractivity contribution in [1.82, 2.24) is 0 Å². The van der Waals surface area contributed by atoms with E-state index in [-0.39, 0.29) is 6.61 Å². The Morgan fingerprint density at radius 3 is 2.75 bits per heavy atom. The first kappa shape index (κ1) is 10.9. The van der Waals surface area contributed by atoms with Gasteiger partial charge in [-0.15, -0.1) is 11.6 Å². The summed E-state index contributed by atoms with van der Waals surface area (Å²) in [5, 5.41) is 8.94. The molecule has 0 saturated carbocycles. The zero-order valence-corrected chi connectivity index (χ0v) is 7.11. The number of carbonyl (C=O) groups is 2. The second kappa shape index (κ2) is 5.54. The third-order valence-electron chi connectivity index (χ3n) is 0.928. The number of hydrogen-bond acceptors (Lipinski definition) is 5. The largest absolute Gasteiger partial charge is 0.465 e. The molecule has 68 valence electrons. The molecule has 1 atom stereocenters. The summed E-state index contributed by atoms with van der Waals surface area (Å²) in [6.45, 7) is 1.73. The molecule has 0 bridgehead atoms. The number of alkyl halides is 1. The molecule has 0 spiro atoms. The van der Waals surface area contributed by atoms with Crippen LogP contribution >= 0.6 is 11.6 Å². The molecule has 0 fully saturated rings. The number of Topliss-reactive ketones (excluding diaryl/α,β-unsaturated/α-hetero) is 1. The van der Waals surface area contributed by atoms with Gasteiger partial charge in [0, 0.05) is 0 Å². The van der Waals surface area contributed by atoms with Gasteiger partial charge in [0.2, 0.25) is 5.78 Å². The lowest BCUT2D eigenvalue weighted by atomic mass is 10.3. The Labute approximate surface area is 73.9 Å². The maximum atomic E-state index is 10.7. The molecule has 1 unspecified atom stereocenters. The lowest BCUT2D eigenvalue weighted by Crippen LogP contribution is -2.27. The lowest BCUT2D eigenvalue weighted by molar-refractivity contribution is -0.144. The van der Waals surface area contributed by atoms with E-state index in [9.17, 15) is 9.59 Å². The second-order valence-corrected chi connectivity index (χ2v) is 2.20. The predicted molar refractivity (Wildman–Crippen MR) is 41.6 cm³/mol. The van der Waals surface area contributed by atoms with Gasteiger partial charge in [-0.1, -0.05) is 5.16 Å². The average molecular weight is 194 g/mol. The third-order valence-corrected chi connectivity index (χ3v) is 1.32. The molecule has 0 saturated heterocycles. The minimum absolute atomic E-state index is 0.144. The molecular weight excluding hydrogens is 186 g/mol. The summed E-state index contributed by atoms with van der Waals surface area (Å²) in [4.78, 5) is 21.5. The Bertz CT molecular complexity index is 204. The Morgan fingerprint density at radius 1 is 1.75 bits per heavy atom. The zero-order chi connectivity index (χ0) is 9.56. The molecule has 0 rings (SSSR count). The molecule has 0 aliphatic rings. The molecule has 0 radical (unpaired) electrons. The number of hydrogen-bond donors (Lipinski definition) is 1. The van der Waals surface area contributed by atoms with Crippen molar-refractivity contribution < 1.29 is 19.5 Å². The number of halogens is 1. The van der Waals surface area contributed by atoms with Crippen molar-refractivity contribution in [3.63, 3.8) is 0 Å². The first-order chi connectivity index (χ1) is 5.63. The van der Waals surface area contributed by atoms with Crippen LogP contribution in [0.2, 0.25) is 0 Å². The Kier molecular flexibility index (Phi) is 5.03. The number of rotatable bonds is 4. The van der Waals surface area contributed by atoms with Crippen molar-refractivity contribution in [3.05, 3.63) is 0 Å². The second-order valence-electron chi connectivity index (χ2n) is 1.76. The van der Waals surface area contributed by atoms with Gasteiger partial charge in [0.25, 0.3) is 0 Å². The fourth-order valence-electron chi connectivity index (χ4n) is 0.454. The van der Waals surface area contributed by atoms with Crippen LogP contribution in [0.3, 0.4) is 0 Å². The SMILES string of the molecule is CCOC(=O)C(Cl)C(=O)/C=N/O. The summed E-state index contributed by atoms with van der Waals surface area (Å²) in [5.74, 6) is -1.65. The van der Waals surface area contributed by atoms with Crippen molar-refractivity contribution in [2.45, 2.75) is 12.3 Å². The van der Waals surface area contributed by atoms with Crippen molar-refractivity contribution in [2.24, 2.45) is 5.16 Å². The van der Waals surface area contributed by atoms with Crippen molar-refractivity contribution in [2.75, 3.05) is 6.61 Å². The first-order valence-electron chi connectivity index (χ1n) is 3.15. The first-order valence-corrected chi connectivity index (χ1v) is 3.59. The highest BCUT2D eigenvalue weighted by Crippen LogP contribution is 1.99. The van der Waals surface area contributed by atoms with Crippen molar-refractivity contribution in [1.29, 1.82) is 0 Å². The van der Waals surface area contributed by atoms with Gasteiger partial charge in [-0.2, -0.15) is 0 Å². The topological polar surface area (TPSA) is 76.0 Å². The molecule has 0 heterocycles. The van der Waals surface area contributed by atoms with E-state index in [1.54, 1.807) is 6.92 Å². The molecule has 0 aromatic rings. The van der Waals surface area contributed by atoms with Crippen LogP contribution in [0.4, 0.5) is 0 Å². The van der Waals surface area contributed by atoms with Gasteiger partial charge in [0.15, 0.2) is 5.38 Å². The summed E-state index contributed by atoms with van der Waals surface area (Å²) in [7, 11) is 0. The summed E-state index contributed by atoms with van der Waals surface area (Å²) in [5.41, 5.74) is 0. The highest BCUT2D eigenvalue weighted by atomic mass is 35.5. The van der Waals surface area contributed by atoms with Crippen LogP contribution in [0.5, 0.6) is 0 Å². The molecule has 1 N–H and O–H groups in total. The van der Waals surface area contributed by atoms with Crippen LogP contribution in [0.25, 0.3) is 0 Å². The number of ketones is 1. The smallest absolute Gasteiger partial charge is 0.332 e. The quantitative estimate of drug-likeness (QED) is 0.173. The maximum Gasteiger partial charge on any atom is 0.332 e. The lowest BCUT2D eigenvalue weighted by Gasteiger charge is -2.03. The third kappa shape index (κ3) is 3.34. The molecule has 0 amide bonds. The minimum Gasteiger partial charge on any atom is -0.465 e. The molecule has 5 nitrogen and oxygen atoms in total. The van der Waals surface area contributed by atoms with Gasteiger partial charge in [-0.3, -0.25) is 4.79 Å². The van der Waals surface area contributed by atoms with E-state index in [4.69, 9.17) is 16.8 Å². The van der Waals surface area contributed by atoms with Crippen LogP contribution in [0, 0.1) is 0 Å². The Morgan fingerprint density at radius 2 is 2.33 bits per heavy atom. The molecular formula is C6H8ClNO4. The van der Waals surface area contributed by atoms with E-state index in [2.05, 4.69) is 9.89 Å². The molecule has 12 heavy (non-hydrogen) atoms. The standard InChI is InChI=1S/C6H8ClNO4/c1-2-12-6(10)5(7)4(9)3-8-11/h3,5,11H,2H2,1H3/b8-3+. The van der Waals surface area contributed by atoms with E-state index < -0.39 is 17.1 Å². The van der Waals surface area contributed by atoms with Crippen LogP contribution in [-0.2, 0) is 14.3 Å². The highest BCUT2D eigenvalue weighted by molar-refractivity contribution is 6.51. The van der Waals surface area contributed by atoms with Crippen LogP contribution in [0.1, 0.15) is 6.92 Å². The minimum atomic E-state index is -1.43. The van der Waals surface area contributed by atoms with Crippen LogP contribution < -0.4 is 0 Å². The van der Waals surface area contributed by atoms with Crippen LogP contribution in [-0.4, -0.2) is 35.2 Å². The summed E-state index contributed by atoms with van der Waals surface area (Å²) >= 11 is 5.31. The van der Waals surface area contributed by atoms with E-state index in [1.165, 1.54) is 0 Å². The molecule has 6 heteroatoms. The number of oxime groups is 1. The van der Waals surface area contributed by atoms with Crippen LogP contribution in [0.15, 0.2) is 5.16 Å². The van der Waals surface area contributed by atoms with Gasteiger partial charge in [-0.25, -0.2) is 4.79 Å². The van der Waals surface area contributed by atoms with E-state index in [0.29, 0.717) is 6.21 Å². The van der Waals surface area contributed by atoms with Gasteiger partial charge >= 0.3 is 5.97 Å². The van der Waals surface area contributed by atoms with Gasteiger partial charge in [0.1, 0.15) is 6.21 Å². The summed E-state index contributed by atoms with van der Waals surface area (Å²) < 4.78 is 4.44. The fraction of sp³-hybridized carbons (Fsp3) is 0.500. The summed E-state index contributed by atoms with van der Waals surface area (Å²) in [6.07, 6.45) is 0.550. The summed E-state index contributed by atoms with van der Waals surface area (Å²) in [6, 6.07) is 0. The van der Waals surface area contributed by atoms with E-state index in [1.807, 2.05) is 0 Å². The fourth-order valence-corrected chi connectivity index (χ4v) is 0.573. The Balaban J connectivity index is 4.09. The normalized spacial score (nSPS) is 12.8. The average Bonchev–Trinajstić information content (AvgIpc) is 2.04. The van der Waals surface area contributed by atoms with Gasteiger partial charge in [-0.05, 0) is 6.92 Å². The van der Waals surface area contributed by atoms with Crippen molar-refractivity contribution in [3.8, 4) is 0 Å². The Hall–Kier alpha value is -1.10. The van der Waals surface area contributed by atoms with Gasteiger partial charge < -0.3 is 9.94 Å². The van der Waals surface area contributed by atoms with E-state index >= 15 is 0 Å². The zero-order valence-electron chi connectivity index (χ0n) is 6.36. The number of esters is 1. The predicted octanol–water partition coefficient (Wildman–Crippen LogP) is 0.186. The highest BCUT2D eigenvalue weighted by Gasteiger charge is 2.23. The van der Waals surface area contributed by atoms with Crippen molar-refractivity contribution >= 4 is 29.6 Å². The van der Waals surface area contributed by atoms with Gasteiger partial charge in [0.05, 0.1) is 6.61 Å².